The third kappa shape index (κ3) is 3.84. The van der Waals surface area contributed by atoms with E-state index in [1.165, 1.54) is 0 Å². The first-order valence-electron chi connectivity index (χ1n) is 7.64. The largest absolute Gasteiger partial charge is 0.378 e. The Morgan fingerprint density at radius 1 is 1.13 bits per heavy atom. The summed E-state index contributed by atoms with van der Waals surface area (Å²) in [6, 6.07) is 13.8. The summed E-state index contributed by atoms with van der Waals surface area (Å²) in [7, 11) is 0. The van der Waals surface area contributed by atoms with Gasteiger partial charge in [-0.25, -0.2) is 0 Å². The van der Waals surface area contributed by atoms with Gasteiger partial charge in [0.15, 0.2) is 0 Å². The lowest BCUT2D eigenvalue weighted by Crippen LogP contribution is -2.36. The van der Waals surface area contributed by atoms with Gasteiger partial charge in [0.2, 0.25) is 0 Å². The molecular formula is C18H19IN2O2. The predicted octanol–water partition coefficient (Wildman–Crippen LogP) is 3.69. The number of carbonyl (C=O) groups excluding carboxylic acids is 1. The van der Waals surface area contributed by atoms with Gasteiger partial charge in [0.1, 0.15) is 0 Å². The average molecular weight is 422 g/mol. The van der Waals surface area contributed by atoms with Crippen LogP contribution in [0.15, 0.2) is 42.5 Å². The smallest absolute Gasteiger partial charge is 0.256 e. The molecule has 1 fully saturated rings. The van der Waals surface area contributed by atoms with E-state index in [4.69, 9.17) is 4.74 Å². The van der Waals surface area contributed by atoms with E-state index >= 15 is 0 Å². The molecule has 4 nitrogen and oxygen atoms in total. The number of halogens is 1. The second-order valence-electron chi connectivity index (χ2n) is 5.54. The van der Waals surface area contributed by atoms with Gasteiger partial charge in [-0.3, -0.25) is 4.79 Å². The number of amides is 1. The Morgan fingerprint density at radius 2 is 1.83 bits per heavy atom. The molecule has 1 N–H and O–H groups in total. The van der Waals surface area contributed by atoms with Gasteiger partial charge >= 0.3 is 0 Å². The molecule has 1 aliphatic heterocycles. The van der Waals surface area contributed by atoms with Crippen LogP contribution in [-0.2, 0) is 4.74 Å². The van der Waals surface area contributed by atoms with Crippen LogP contribution < -0.4 is 10.2 Å². The van der Waals surface area contributed by atoms with Crippen LogP contribution in [0.5, 0.6) is 0 Å². The standard InChI is InChI=1S/C18H19IN2O2/c1-13-3-2-4-16(17(13)19)18(22)20-14-5-7-15(8-6-14)21-9-11-23-12-10-21/h2-8H,9-12H2,1H3,(H,20,22). The van der Waals surface area contributed by atoms with Gasteiger partial charge in [-0.05, 0) is 65.4 Å². The predicted molar refractivity (Wildman–Crippen MR) is 101 cm³/mol. The van der Waals surface area contributed by atoms with Crippen molar-refractivity contribution < 1.29 is 9.53 Å². The van der Waals surface area contributed by atoms with Crippen molar-refractivity contribution in [1.29, 1.82) is 0 Å². The van der Waals surface area contributed by atoms with Crippen LogP contribution >= 0.6 is 22.6 Å². The molecule has 0 aromatic heterocycles. The molecule has 120 valence electrons. The Bertz CT molecular complexity index is 695. The number of anilines is 2. The highest BCUT2D eigenvalue weighted by Gasteiger charge is 2.13. The summed E-state index contributed by atoms with van der Waals surface area (Å²) in [5.41, 5.74) is 3.80. The topological polar surface area (TPSA) is 41.6 Å². The molecule has 0 saturated carbocycles. The Hall–Kier alpha value is -1.60. The molecule has 0 aliphatic carbocycles. The minimum absolute atomic E-state index is 0.0720. The number of hydrogen-bond donors (Lipinski definition) is 1. The van der Waals surface area contributed by atoms with Gasteiger partial charge < -0.3 is 15.0 Å². The Kier molecular flexibility index (Phi) is 5.17. The quantitative estimate of drug-likeness (QED) is 0.768. The lowest BCUT2D eigenvalue weighted by molar-refractivity contribution is 0.102. The molecule has 0 radical (unpaired) electrons. The van der Waals surface area contributed by atoms with Gasteiger partial charge in [0.05, 0.1) is 18.8 Å². The van der Waals surface area contributed by atoms with Crippen LogP contribution in [0.3, 0.4) is 0 Å². The van der Waals surface area contributed by atoms with Gasteiger partial charge in [0.25, 0.3) is 5.91 Å². The molecule has 0 unspecified atom stereocenters. The molecule has 1 saturated heterocycles. The molecule has 2 aromatic rings. The highest BCUT2D eigenvalue weighted by Crippen LogP contribution is 2.21. The van der Waals surface area contributed by atoms with Crippen molar-refractivity contribution in [2.24, 2.45) is 0 Å². The summed E-state index contributed by atoms with van der Waals surface area (Å²) < 4.78 is 6.36. The minimum atomic E-state index is -0.0720. The van der Waals surface area contributed by atoms with Gasteiger partial charge in [-0.1, -0.05) is 12.1 Å². The van der Waals surface area contributed by atoms with Crippen molar-refractivity contribution in [1.82, 2.24) is 0 Å². The number of nitrogens with one attached hydrogen (secondary N) is 1. The molecule has 1 aliphatic rings. The fourth-order valence-corrected chi connectivity index (χ4v) is 3.20. The zero-order valence-corrected chi connectivity index (χ0v) is 15.2. The lowest BCUT2D eigenvalue weighted by Gasteiger charge is -2.28. The highest BCUT2D eigenvalue weighted by molar-refractivity contribution is 14.1. The van der Waals surface area contributed by atoms with Gasteiger partial charge in [-0.15, -0.1) is 0 Å². The van der Waals surface area contributed by atoms with E-state index in [0.29, 0.717) is 5.56 Å². The minimum Gasteiger partial charge on any atom is -0.378 e. The summed E-state index contributed by atoms with van der Waals surface area (Å²) in [4.78, 5) is 14.7. The van der Waals surface area contributed by atoms with E-state index in [1.807, 2.05) is 49.4 Å². The van der Waals surface area contributed by atoms with Gasteiger partial charge in [-0.2, -0.15) is 0 Å². The number of aryl methyl sites for hydroxylation is 1. The normalized spacial score (nSPS) is 14.6. The highest BCUT2D eigenvalue weighted by atomic mass is 127. The van der Waals surface area contributed by atoms with Gasteiger partial charge in [0, 0.05) is 28.0 Å². The molecule has 23 heavy (non-hydrogen) atoms. The first-order chi connectivity index (χ1) is 11.1. The summed E-state index contributed by atoms with van der Waals surface area (Å²) in [5.74, 6) is -0.0720. The molecule has 3 rings (SSSR count). The van der Waals surface area contributed by atoms with Crippen LogP contribution in [0, 0.1) is 10.5 Å². The van der Waals surface area contributed by atoms with Crippen LogP contribution in [0.1, 0.15) is 15.9 Å². The monoisotopic (exact) mass is 422 g/mol. The zero-order valence-electron chi connectivity index (χ0n) is 13.0. The number of carbonyl (C=O) groups is 1. The SMILES string of the molecule is Cc1cccc(C(=O)Nc2ccc(N3CCOCC3)cc2)c1I. The van der Waals surface area contributed by atoms with Crippen molar-refractivity contribution in [3.63, 3.8) is 0 Å². The maximum Gasteiger partial charge on any atom is 0.256 e. The van der Waals surface area contributed by atoms with E-state index in [0.717, 1.165) is 46.8 Å². The third-order valence-corrected chi connectivity index (χ3v) is 5.37. The van der Waals surface area contributed by atoms with E-state index in [2.05, 4.69) is 32.8 Å². The molecule has 1 amide bonds. The van der Waals surface area contributed by atoms with Crippen LogP contribution in [-0.4, -0.2) is 32.2 Å². The fraction of sp³-hybridized carbons (Fsp3) is 0.278. The summed E-state index contributed by atoms with van der Waals surface area (Å²) in [6.45, 7) is 5.37. The second-order valence-corrected chi connectivity index (χ2v) is 6.62. The van der Waals surface area contributed by atoms with Crippen molar-refractivity contribution >= 4 is 39.9 Å². The van der Waals surface area contributed by atoms with E-state index in [-0.39, 0.29) is 5.91 Å². The molecule has 5 heteroatoms. The number of nitrogens with zero attached hydrogens (tertiary/aromatic N) is 1. The summed E-state index contributed by atoms with van der Waals surface area (Å²) in [6.07, 6.45) is 0. The Balaban J connectivity index is 1.70. The molecule has 2 aromatic carbocycles. The van der Waals surface area contributed by atoms with Crippen LogP contribution in [0.25, 0.3) is 0 Å². The van der Waals surface area contributed by atoms with Crippen LogP contribution in [0.2, 0.25) is 0 Å². The first kappa shape index (κ1) is 16.3. The maximum absolute atomic E-state index is 12.4. The number of morpholine rings is 1. The lowest BCUT2D eigenvalue weighted by atomic mass is 10.1. The van der Waals surface area contributed by atoms with Crippen LogP contribution in [0.4, 0.5) is 11.4 Å². The molecule has 0 atom stereocenters. The Labute approximate surface area is 150 Å². The fourth-order valence-electron chi connectivity index (χ4n) is 2.60. The van der Waals surface area contributed by atoms with E-state index in [9.17, 15) is 4.79 Å². The molecule has 1 heterocycles. The number of ether oxygens (including phenoxy) is 1. The summed E-state index contributed by atoms with van der Waals surface area (Å²) >= 11 is 2.22. The van der Waals surface area contributed by atoms with Crippen molar-refractivity contribution in [3.05, 3.63) is 57.2 Å². The first-order valence-corrected chi connectivity index (χ1v) is 8.72. The molecule has 0 bridgehead atoms. The zero-order chi connectivity index (χ0) is 16.2. The molecule has 0 spiro atoms. The average Bonchev–Trinajstić information content (AvgIpc) is 2.59. The summed E-state index contributed by atoms with van der Waals surface area (Å²) in [5, 5.41) is 2.97. The Morgan fingerprint density at radius 3 is 2.52 bits per heavy atom. The second kappa shape index (κ2) is 7.31. The number of benzene rings is 2. The third-order valence-electron chi connectivity index (χ3n) is 3.94. The van der Waals surface area contributed by atoms with Crippen molar-refractivity contribution in [2.75, 3.05) is 36.5 Å². The number of hydrogen-bond acceptors (Lipinski definition) is 3. The van der Waals surface area contributed by atoms with E-state index in [1.54, 1.807) is 0 Å². The van der Waals surface area contributed by atoms with E-state index < -0.39 is 0 Å². The molecular weight excluding hydrogens is 403 g/mol. The van der Waals surface area contributed by atoms with Crippen molar-refractivity contribution in [2.45, 2.75) is 6.92 Å². The maximum atomic E-state index is 12.4. The number of rotatable bonds is 3. The van der Waals surface area contributed by atoms with Crippen molar-refractivity contribution in [3.8, 4) is 0 Å².